The Morgan fingerprint density at radius 3 is 2.76 bits per heavy atom. The van der Waals surface area contributed by atoms with Gasteiger partial charge in [-0.15, -0.1) is 0 Å². The van der Waals surface area contributed by atoms with Crippen LogP contribution in [0.3, 0.4) is 0 Å². The summed E-state index contributed by atoms with van der Waals surface area (Å²) < 4.78 is 0.950. The second-order valence-electron chi connectivity index (χ2n) is 6.00. The number of halogens is 1. The SMILES string of the molecule is CCCC1CCN(c2cc3c(cc2Br)C(O)C(=O)N3)CC1. The minimum Gasteiger partial charge on any atom is -0.378 e. The van der Waals surface area contributed by atoms with Gasteiger partial charge < -0.3 is 15.3 Å². The highest BCUT2D eigenvalue weighted by Gasteiger charge is 2.30. The molecule has 1 atom stereocenters. The largest absolute Gasteiger partial charge is 0.378 e. The van der Waals surface area contributed by atoms with Gasteiger partial charge in [-0.05, 0) is 46.8 Å². The molecule has 2 heterocycles. The summed E-state index contributed by atoms with van der Waals surface area (Å²) in [4.78, 5) is 13.9. The van der Waals surface area contributed by atoms with Gasteiger partial charge in [0.05, 0.1) is 5.69 Å². The zero-order valence-electron chi connectivity index (χ0n) is 12.2. The van der Waals surface area contributed by atoms with Gasteiger partial charge in [-0.25, -0.2) is 0 Å². The number of fused-ring (bicyclic) bond motifs is 1. The molecule has 1 aromatic rings. The zero-order chi connectivity index (χ0) is 15.0. The molecule has 5 heteroatoms. The highest BCUT2D eigenvalue weighted by Crippen LogP contribution is 2.40. The van der Waals surface area contributed by atoms with E-state index in [0.29, 0.717) is 5.56 Å². The minimum atomic E-state index is -1.04. The lowest BCUT2D eigenvalue weighted by molar-refractivity contribution is -0.123. The fraction of sp³-hybridized carbons (Fsp3) is 0.562. The van der Waals surface area contributed by atoms with Crippen LogP contribution < -0.4 is 10.2 Å². The van der Waals surface area contributed by atoms with Gasteiger partial charge in [0, 0.05) is 28.8 Å². The van der Waals surface area contributed by atoms with Crippen molar-refractivity contribution >= 4 is 33.2 Å². The van der Waals surface area contributed by atoms with Crippen LogP contribution in [0, 0.1) is 5.92 Å². The third-order valence-electron chi connectivity index (χ3n) is 4.57. The van der Waals surface area contributed by atoms with Crippen LogP contribution in [0.5, 0.6) is 0 Å². The Balaban J connectivity index is 1.78. The molecule has 114 valence electrons. The van der Waals surface area contributed by atoms with Gasteiger partial charge in [-0.2, -0.15) is 0 Å². The highest BCUT2D eigenvalue weighted by molar-refractivity contribution is 9.10. The van der Waals surface area contributed by atoms with E-state index in [2.05, 4.69) is 33.1 Å². The van der Waals surface area contributed by atoms with Gasteiger partial charge in [0.15, 0.2) is 6.10 Å². The van der Waals surface area contributed by atoms with Crippen LogP contribution in [0.15, 0.2) is 16.6 Å². The van der Waals surface area contributed by atoms with Gasteiger partial charge in [0.2, 0.25) is 0 Å². The van der Waals surface area contributed by atoms with Crippen LogP contribution in [0.25, 0.3) is 0 Å². The molecule has 1 saturated heterocycles. The number of rotatable bonds is 3. The quantitative estimate of drug-likeness (QED) is 0.875. The summed E-state index contributed by atoms with van der Waals surface area (Å²) in [5, 5.41) is 12.6. The lowest BCUT2D eigenvalue weighted by Gasteiger charge is -2.34. The molecule has 0 saturated carbocycles. The number of carbonyl (C=O) groups excluding carboxylic acids is 1. The molecular weight excluding hydrogens is 332 g/mol. The Labute approximate surface area is 133 Å². The Morgan fingerprint density at radius 1 is 1.38 bits per heavy atom. The standard InChI is InChI=1S/C16H21BrN2O2/c1-2-3-10-4-6-19(7-5-10)14-9-13-11(8-12(14)17)15(20)16(21)18-13/h8-10,15,20H,2-7H2,1H3,(H,18,21). The van der Waals surface area contributed by atoms with Crippen molar-refractivity contribution in [1.29, 1.82) is 0 Å². The molecule has 1 aromatic carbocycles. The molecule has 2 aliphatic rings. The van der Waals surface area contributed by atoms with Crippen LogP contribution in [0.1, 0.15) is 44.3 Å². The summed E-state index contributed by atoms with van der Waals surface area (Å²) in [5.74, 6) is 0.511. The maximum absolute atomic E-state index is 11.6. The lowest BCUT2D eigenvalue weighted by atomic mass is 9.92. The first-order chi connectivity index (χ1) is 10.1. The first-order valence-corrected chi connectivity index (χ1v) is 8.46. The van der Waals surface area contributed by atoms with Crippen LogP contribution in [-0.4, -0.2) is 24.1 Å². The first-order valence-electron chi connectivity index (χ1n) is 7.67. The molecule has 1 amide bonds. The second kappa shape index (κ2) is 5.97. The van der Waals surface area contributed by atoms with Gasteiger partial charge in [-0.3, -0.25) is 4.79 Å². The van der Waals surface area contributed by atoms with Crippen LogP contribution >= 0.6 is 15.9 Å². The van der Waals surface area contributed by atoms with Crippen molar-refractivity contribution in [2.75, 3.05) is 23.3 Å². The Hall–Kier alpha value is -1.07. The maximum atomic E-state index is 11.6. The molecule has 0 aromatic heterocycles. The molecular formula is C16H21BrN2O2. The van der Waals surface area contributed by atoms with Gasteiger partial charge >= 0.3 is 0 Å². The van der Waals surface area contributed by atoms with Crippen molar-refractivity contribution in [2.24, 2.45) is 5.92 Å². The fourth-order valence-corrected chi connectivity index (χ4v) is 3.98. The molecule has 0 aliphatic carbocycles. The Kier molecular flexibility index (Phi) is 4.22. The van der Waals surface area contributed by atoms with Crippen LogP contribution in [-0.2, 0) is 4.79 Å². The molecule has 4 nitrogen and oxygen atoms in total. The van der Waals surface area contributed by atoms with E-state index in [-0.39, 0.29) is 5.91 Å². The fourth-order valence-electron chi connectivity index (χ4n) is 3.37. The van der Waals surface area contributed by atoms with E-state index >= 15 is 0 Å². The number of hydrogen-bond donors (Lipinski definition) is 2. The number of aliphatic hydroxyl groups is 1. The van der Waals surface area contributed by atoms with Crippen molar-refractivity contribution < 1.29 is 9.90 Å². The molecule has 2 N–H and O–H groups in total. The van der Waals surface area contributed by atoms with E-state index in [0.717, 1.165) is 34.9 Å². The molecule has 1 unspecified atom stereocenters. The highest BCUT2D eigenvalue weighted by atomic mass is 79.9. The Bertz CT molecular complexity index is 553. The normalized spacial score (nSPS) is 22.3. The Morgan fingerprint density at radius 2 is 2.10 bits per heavy atom. The second-order valence-corrected chi connectivity index (χ2v) is 6.86. The molecule has 3 rings (SSSR count). The third-order valence-corrected chi connectivity index (χ3v) is 5.21. The first kappa shape index (κ1) is 14.9. The lowest BCUT2D eigenvalue weighted by Crippen LogP contribution is -2.33. The van der Waals surface area contributed by atoms with E-state index in [9.17, 15) is 9.90 Å². The van der Waals surface area contributed by atoms with Gasteiger partial charge in [-0.1, -0.05) is 19.8 Å². The summed E-state index contributed by atoms with van der Waals surface area (Å²) >= 11 is 3.59. The summed E-state index contributed by atoms with van der Waals surface area (Å²) in [6.07, 6.45) is 4.00. The van der Waals surface area contributed by atoms with Crippen molar-refractivity contribution in [2.45, 2.75) is 38.7 Å². The van der Waals surface area contributed by atoms with E-state index < -0.39 is 6.10 Å². The summed E-state index contributed by atoms with van der Waals surface area (Å²) in [7, 11) is 0. The van der Waals surface area contributed by atoms with Crippen molar-refractivity contribution in [3.63, 3.8) is 0 Å². The predicted octanol–water partition coefficient (Wildman–Crippen LogP) is 3.45. The summed E-state index contributed by atoms with van der Waals surface area (Å²) in [6, 6.07) is 3.85. The number of anilines is 2. The summed E-state index contributed by atoms with van der Waals surface area (Å²) in [6.45, 7) is 4.36. The number of hydrogen-bond acceptors (Lipinski definition) is 3. The predicted molar refractivity (Wildman–Crippen MR) is 87.6 cm³/mol. The molecule has 1 fully saturated rings. The molecule has 0 bridgehead atoms. The molecule has 0 spiro atoms. The molecule has 2 aliphatic heterocycles. The smallest absolute Gasteiger partial charge is 0.257 e. The topological polar surface area (TPSA) is 52.6 Å². The average molecular weight is 353 g/mol. The van der Waals surface area contributed by atoms with E-state index in [1.54, 1.807) is 0 Å². The zero-order valence-corrected chi connectivity index (χ0v) is 13.8. The van der Waals surface area contributed by atoms with Gasteiger partial charge in [0.25, 0.3) is 5.91 Å². The number of piperidine rings is 1. The number of aliphatic hydroxyl groups excluding tert-OH is 1. The van der Waals surface area contributed by atoms with E-state index in [1.165, 1.54) is 25.7 Å². The van der Waals surface area contributed by atoms with Crippen molar-refractivity contribution in [3.05, 3.63) is 22.2 Å². The summed E-state index contributed by atoms with van der Waals surface area (Å²) in [5.41, 5.74) is 2.51. The monoisotopic (exact) mass is 352 g/mol. The number of benzene rings is 1. The van der Waals surface area contributed by atoms with E-state index in [4.69, 9.17) is 0 Å². The third kappa shape index (κ3) is 2.81. The van der Waals surface area contributed by atoms with Crippen molar-refractivity contribution in [3.8, 4) is 0 Å². The van der Waals surface area contributed by atoms with Gasteiger partial charge in [0.1, 0.15) is 0 Å². The van der Waals surface area contributed by atoms with Crippen LogP contribution in [0.2, 0.25) is 0 Å². The number of nitrogens with zero attached hydrogens (tertiary/aromatic N) is 1. The maximum Gasteiger partial charge on any atom is 0.257 e. The van der Waals surface area contributed by atoms with Crippen molar-refractivity contribution in [1.82, 2.24) is 0 Å². The minimum absolute atomic E-state index is 0.337. The number of carbonyl (C=O) groups is 1. The van der Waals surface area contributed by atoms with Crippen LogP contribution in [0.4, 0.5) is 11.4 Å². The number of nitrogens with one attached hydrogen (secondary N) is 1. The molecule has 0 radical (unpaired) electrons. The van der Waals surface area contributed by atoms with E-state index in [1.807, 2.05) is 12.1 Å². The molecule has 21 heavy (non-hydrogen) atoms. The number of amides is 1. The average Bonchev–Trinajstić information content (AvgIpc) is 2.75.